The molecule has 17 heavy (non-hydrogen) atoms. The average Bonchev–Trinajstić information content (AvgIpc) is 2.25. The van der Waals surface area contributed by atoms with Crippen LogP contribution in [0, 0.1) is 5.41 Å². The zero-order valence-electron chi connectivity index (χ0n) is 9.53. The lowest BCUT2D eigenvalue weighted by Gasteiger charge is -2.20. The molecule has 0 radical (unpaired) electrons. The van der Waals surface area contributed by atoms with Gasteiger partial charge in [-0.05, 0) is 13.8 Å². The Labute approximate surface area is 104 Å². The minimum Gasteiger partial charge on any atom is -0.369 e. The van der Waals surface area contributed by atoms with Gasteiger partial charge < -0.3 is 11.1 Å². The molecule has 1 heterocycles. The molecule has 0 saturated heterocycles. The Hall–Kier alpha value is -1.69. The molecule has 1 aromatic rings. The van der Waals surface area contributed by atoms with Crippen LogP contribution in [0.15, 0.2) is 12.4 Å². The van der Waals surface area contributed by atoms with Gasteiger partial charge in [0.2, 0.25) is 5.91 Å². The van der Waals surface area contributed by atoms with E-state index in [-0.39, 0.29) is 17.4 Å². The van der Waals surface area contributed by atoms with Crippen molar-refractivity contribution in [2.75, 3.05) is 6.54 Å². The van der Waals surface area contributed by atoms with Crippen molar-refractivity contribution in [1.29, 1.82) is 0 Å². The second kappa shape index (κ2) is 5.09. The molecule has 3 N–H and O–H groups in total. The van der Waals surface area contributed by atoms with Crippen LogP contribution in [-0.2, 0) is 4.79 Å². The highest BCUT2D eigenvalue weighted by molar-refractivity contribution is 6.29. The van der Waals surface area contributed by atoms with E-state index in [1.165, 1.54) is 12.4 Å². The first-order chi connectivity index (χ1) is 7.83. The second-order valence-corrected chi connectivity index (χ2v) is 4.55. The molecule has 0 aliphatic rings. The Kier molecular flexibility index (Phi) is 4.01. The minimum atomic E-state index is -0.818. The fourth-order valence-corrected chi connectivity index (χ4v) is 1.08. The number of aromatic nitrogens is 2. The van der Waals surface area contributed by atoms with E-state index in [0.29, 0.717) is 0 Å². The zero-order valence-corrected chi connectivity index (χ0v) is 10.3. The van der Waals surface area contributed by atoms with E-state index in [1.54, 1.807) is 13.8 Å². The Morgan fingerprint density at radius 3 is 2.65 bits per heavy atom. The molecule has 2 amide bonds. The molecule has 0 unspecified atom stereocenters. The standard InChI is InChI=1S/C10H13ClN4O2/c1-10(2,9(12)17)5-14-8(16)6-3-13-4-7(11)15-6/h3-4H,5H2,1-2H3,(H2,12,17)(H,14,16). The number of nitrogens with one attached hydrogen (secondary N) is 1. The van der Waals surface area contributed by atoms with Crippen LogP contribution in [0.2, 0.25) is 5.15 Å². The van der Waals surface area contributed by atoms with Crippen molar-refractivity contribution in [2.24, 2.45) is 11.1 Å². The van der Waals surface area contributed by atoms with Crippen molar-refractivity contribution in [1.82, 2.24) is 15.3 Å². The maximum absolute atomic E-state index is 11.6. The van der Waals surface area contributed by atoms with Gasteiger partial charge >= 0.3 is 0 Å². The van der Waals surface area contributed by atoms with Crippen LogP contribution in [0.3, 0.4) is 0 Å². The maximum atomic E-state index is 11.6. The zero-order chi connectivity index (χ0) is 13.1. The summed E-state index contributed by atoms with van der Waals surface area (Å²) in [6, 6.07) is 0. The summed E-state index contributed by atoms with van der Waals surface area (Å²) in [6.07, 6.45) is 2.62. The molecule has 0 atom stereocenters. The molecular weight excluding hydrogens is 244 g/mol. The minimum absolute atomic E-state index is 0.0952. The summed E-state index contributed by atoms with van der Waals surface area (Å²) < 4.78 is 0. The lowest BCUT2D eigenvalue weighted by atomic mass is 9.93. The third kappa shape index (κ3) is 3.67. The van der Waals surface area contributed by atoms with Gasteiger partial charge in [0, 0.05) is 6.54 Å². The third-order valence-corrected chi connectivity index (χ3v) is 2.38. The Balaban J connectivity index is 2.65. The van der Waals surface area contributed by atoms with E-state index < -0.39 is 17.2 Å². The van der Waals surface area contributed by atoms with Crippen LogP contribution in [-0.4, -0.2) is 28.3 Å². The Morgan fingerprint density at radius 2 is 2.12 bits per heavy atom. The monoisotopic (exact) mass is 256 g/mol. The van der Waals surface area contributed by atoms with Crippen molar-refractivity contribution in [3.05, 3.63) is 23.2 Å². The number of carbonyl (C=O) groups excluding carboxylic acids is 2. The molecule has 0 aliphatic carbocycles. The van der Waals surface area contributed by atoms with Crippen molar-refractivity contribution in [3.8, 4) is 0 Å². The largest absolute Gasteiger partial charge is 0.369 e. The van der Waals surface area contributed by atoms with Crippen molar-refractivity contribution in [3.63, 3.8) is 0 Å². The maximum Gasteiger partial charge on any atom is 0.271 e. The fourth-order valence-electron chi connectivity index (χ4n) is 0.931. The van der Waals surface area contributed by atoms with Gasteiger partial charge in [-0.3, -0.25) is 14.6 Å². The number of amides is 2. The van der Waals surface area contributed by atoms with Crippen molar-refractivity contribution in [2.45, 2.75) is 13.8 Å². The molecule has 6 nitrogen and oxygen atoms in total. The van der Waals surface area contributed by atoms with Gasteiger partial charge in [-0.25, -0.2) is 4.98 Å². The normalized spacial score (nSPS) is 11.0. The first kappa shape index (κ1) is 13.4. The predicted octanol–water partition coefficient (Wildman–Crippen LogP) is 0.371. The lowest BCUT2D eigenvalue weighted by molar-refractivity contribution is -0.125. The molecule has 92 valence electrons. The molecular formula is C10H13ClN4O2. The van der Waals surface area contributed by atoms with Gasteiger partial charge in [0.25, 0.3) is 5.91 Å². The number of halogens is 1. The van der Waals surface area contributed by atoms with Crippen molar-refractivity contribution >= 4 is 23.4 Å². The molecule has 0 aromatic carbocycles. The summed E-state index contributed by atoms with van der Waals surface area (Å²) >= 11 is 5.60. The quantitative estimate of drug-likeness (QED) is 0.813. The predicted molar refractivity (Wildman–Crippen MR) is 62.4 cm³/mol. The van der Waals surface area contributed by atoms with Gasteiger partial charge in [0.05, 0.1) is 17.8 Å². The highest BCUT2D eigenvalue weighted by Crippen LogP contribution is 2.12. The van der Waals surface area contributed by atoms with Gasteiger partial charge in [-0.1, -0.05) is 11.6 Å². The third-order valence-electron chi connectivity index (χ3n) is 2.20. The number of hydrogen-bond donors (Lipinski definition) is 2. The molecule has 0 aliphatic heterocycles. The van der Waals surface area contributed by atoms with Crippen LogP contribution in [0.25, 0.3) is 0 Å². The first-order valence-corrected chi connectivity index (χ1v) is 5.26. The molecule has 1 aromatic heterocycles. The second-order valence-electron chi connectivity index (χ2n) is 4.16. The summed E-state index contributed by atoms with van der Waals surface area (Å²) in [5.74, 6) is -0.940. The van der Waals surface area contributed by atoms with E-state index in [2.05, 4.69) is 15.3 Å². The highest BCUT2D eigenvalue weighted by Gasteiger charge is 2.25. The van der Waals surface area contributed by atoms with Crippen molar-refractivity contribution < 1.29 is 9.59 Å². The van der Waals surface area contributed by atoms with E-state index in [4.69, 9.17) is 17.3 Å². The number of primary amides is 1. The summed E-state index contributed by atoms with van der Waals surface area (Å²) in [4.78, 5) is 30.2. The summed E-state index contributed by atoms with van der Waals surface area (Å²) in [5.41, 5.74) is 4.46. The lowest BCUT2D eigenvalue weighted by Crippen LogP contribution is -2.42. The molecule has 0 spiro atoms. The van der Waals surface area contributed by atoms with Crippen LogP contribution in [0.4, 0.5) is 0 Å². The summed E-state index contributed by atoms with van der Waals surface area (Å²) in [7, 11) is 0. The molecule has 1 rings (SSSR count). The summed E-state index contributed by atoms with van der Waals surface area (Å²) in [5, 5.41) is 2.68. The van der Waals surface area contributed by atoms with E-state index in [1.807, 2.05) is 0 Å². The Bertz CT molecular complexity index is 448. The number of nitrogens with zero attached hydrogens (tertiary/aromatic N) is 2. The number of hydrogen-bond acceptors (Lipinski definition) is 4. The SMILES string of the molecule is CC(C)(CNC(=O)c1cncc(Cl)n1)C(N)=O. The van der Waals surface area contributed by atoms with E-state index >= 15 is 0 Å². The first-order valence-electron chi connectivity index (χ1n) is 4.88. The Morgan fingerprint density at radius 1 is 1.47 bits per heavy atom. The molecule has 0 fully saturated rings. The molecule has 0 bridgehead atoms. The highest BCUT2D eigenvalue weighted by atomic mass is 35.5. The number of carbonyl (C=O) groups is 2. The van der Waals surface area contributed by atoms with Crippen LogP contribution in [0.1, 0.15) is 24.3 Å². The fraction of sp³-hybridized carbons (Fsp3) is 0.400. The van der Waals surface area contributed by atoms with E-state index in [9.17, 15) is 9.59 Å². The number of rotatable bonds is 4. The number of nitrogens with two attached hydrogens (primary N) is 1. The van der Waals surface area contributed by atoms with Gasteiger partial charge in [0.1, 0.15) is 10.8 Å². The van der Waals surface area contributed by atoms with Crippen LogP contribution >= 0.6 is 11.6 Å². The van der Waals surface area contributed by atoms with Gasteiger partial charge in [-0.15, -0.1) is 0 Å². The van der Waals surface area contributed by atoms with Gasteiger partial charge in [-0.2, -0.15) is 0 Å². The van der Waals surface area contributed by atoms with Gasteiger partial charge in [0.15, 0.2) is 0 Å². The average molecular weight is 257 g/mol. The molecule has 0 saturated carbocycles. The molecule has 7 heteroatoms. The smallest absolute Gasteiger partial charge is 0.271 e. The summed E-state index contributed by atoms with van der Waals surface area (Å²) in [6.45, 7) is 3.40. The van der Waals surface area contributed by atoms with E-state index in [0.717, 1.165) is 0 Å². The topological polar surface area (TPSA) is 98.0 Å². The van der Waals surface area contributed by atoms with Crippen LogP contribution < -0.4 is 11.1 Å². The van der Waals surface area contributed by atoms with Crippen LogP contribution in [0.5, 0.6) is 0 Å².